The van der Waals surface area contributed by atoms with Crippen molar-refractivity contribution in [3.8, 4) is 0 Å². The Labute approximate surface area is 86.1 Å². The maximum Gasteiger partial charge on any atom is 0.140 e. The molecule has 1 aliphatic rings. The highest BCUT2D eigenvalue weighted by Crippen LogP contribution is 2.48. The van der Waals surface area contributed by atoms with Gasteiger partial charge in [0.15, 0.2) is 0 Å². The molecule has 0 amide bonds. The van der Waals surface area contributed by atoms with Crippen molar-refractivity contribution in [3.05, 3.63) is 35.9 Å². The third kappa shape index (κ3) is 1.87. The second-order valence-corrected chi connectivity index (χ2v) is 3.50. The van der Waals surface area contributed by atoms with Crippen LogP contribution in [0.1, 0.15) is 39.2 Å². The van der Waals surface area contributed by atoms with Gasteiger partial charge in [-0.3, -0.25) is 4.79 Å². The molecule has 0 heterocycles. The van der Waals surface area contributed by atoms with Gasteiger partial charge in [-0.05, 0) is 25.3 Å². The Morgan fingerprint density at radius 1 is 1.14 bits per heavy atom. The summed E-state index contributed by atoms with van der Waals surface area (Å²) < 4.78 is 0. The van der Waals surface area contributed by atoms with Gasteiger partial charge in [-0.1, -0.05) is 44.2 Å². The zero-order chi connectivity index (χ0) is 10.6. The summed E-state index contributed by atoms with van der Waals surface area (Å²) in [5, 5.41) is 0. The van der Waals surface area contributed by atoms with Gasteiger partial charge in [-0.2, -0.15) is 0 Å². The van der Waals surface area contributed by atoms with Crippen LogP contribution in [0.3, 0.4) is 0 Å². The van der Waals surface area contributed by atoms with E-state index in [-0.39, 0.29) is 5.41 Å². The fourth-order valence-corrected chi connectivity index (χ4v) is 1.73. The van der Waals surface area contributed by atoms with E-state index in [1.165, 1.54) is 5.56 Å². The zero-order valence-electron chi connectivity index (χ0n) is 9.21. The van der Waals surface area contributed by atoms with Gasteiger partial charge < -0.3 is 0 Å². The SMILES string of the molecule is CC.CC(=O)C1(c2ccccc2)CC1. The summed E-state index contributed by atoms with van der Waals surface area (Å²) in [6.07, 6.45) is 2.07. The molecule has 0 aliphatic heterocycles. The van der Waals surface area contributed by atoms with Gasteiger partial charge in [-0.25, -0.2) is 0 Å². The molecular weight excluding hydrogens is 172 g/mol. The predicted molar refractivity (Wildman–Crippen MR) is 59.4 cm³/mol. The summed E-state index contributed by atoms with van der Waals surface area (Å²) >= 11 is 0. The average Bonchev–Trinajstić information content (AvgIpc) is 3.03. The summed E-state index contributed by atoms with van der Waals surface area (Å²) in [5.74, 6) is 0.314. The Morgan fingerprint density at radius 2 is 1.64 bits per heavy atom. The zero-order valence-corrected chi connectivity index (χ0v) is 9.21. The van der Waals surface area contributed by atoms with Crippen LogP contribution in [0.2, 0.25) is 0 Å². The van der Waals surface area contributed by atoms with Crippen molar-refractivity contribution in [2.24, 2.45) is 0 Å². The molecule has 0 bridgehead atoms. The van der Waals surface area contributed by atoms with E-state index >= 15 is 0 Å². The fourth-order valence-electron chi connectivity index (χ4n) is 1.73. The Kier molecular flexibility index (Phi) is 3.45. The minimum atomic E-state index is -0.0960. The molecule has 0 unspecified atom stereocenters. The monoisotopic (exact) mass is 190 g/mol. The molecule has 0 aromatic heterocycles. The van der Waals surface area contributed by atoms with Crippen molar-refractivity contribution in [2.75, 3.05) is 0 Å². The normalized spacial score (nSPS) is 16.5. The van der Waals surface area contributed by atoms with Crippen LogP contribution in [0.4, 0.5) is 0 Å². The van der Waals surface area contributed by atoms with Crippen molar-refractivity contribution in [3.63, 3.8) is 0 Å². The Morgan fingerprint density at radius 3 is 2.00 bits per heavy atom. The Bertz CT molecular complexity index is 296. The third-order valence-electron chi connectivity index (χ3n) is 2.75. The molecule has 1 aliphatic carbocycles. The van der Waals surface area contributed by atoms with Crippen LogP contribution in [0, 0.1) is 0 Å². The quantitative estimate of drug-likeness (QED) is 0.699. The van der Waals surface area contributed by atoms with Gasteiger partial charge in [-0.15, -0.1) is 0 Å². The molecule has 1 saturated carbocycles. The molecule has 0 saturated heterocycles. The van der Waals surface area contributed by atoms with E-state index in [0.29, 0.717) is 5.78 Å². The van der Waals surface area contributed by atoms with Crippen LogP contribution in [-0.4, -0.2) is 5.78 Å². The molecule has 1 nitrogen and oxygen atoms in total. The van der Waals surface area contributed by atoms with Crippen LogP contribution in [0.5, 0.6) is 0 Å². The highest BCUT2D eigenvalue weighted by molar-refractivity contribution is 5.91. The lowest BCUT2D eigenvalue weighted by Gasteiger charge is -2.10. The van der Waals surface area contributed by atoms with Crippen molar-refractivity contribution >= 4 is 5.78 Å². The first kappa shape index (κ1) is 11.0. The standard InChI is InChI=1S/C11H12O.C2H6/c1-9(12)11(7-8-11)10-5-3-2-4-6-10;1-2/h2-6H,7-8H2,1H3;1-2H3. The summed E-state index contributed by atoms with van der Waals surface area (Å²) in [5.41, 5.74) is 1.10. The minimum absolute atomic E-state index is 0.0960. The van der Waals surface area contributed by atoms with Crippen molar-refractivity contribution < 1.29 is 4.79 Å². The number of carbonyl (C=O) groups excluding carboxylic acids is 1. The summed E-state index contributed by atoms with van der Waals surface area (Å²) in [6, 6.07) is 10.1. The van der Waals surface area contributed by atoms with Crippen LogP contribution in [0.15, 0.2) is 30.3 Å². The second-order valence-electron chi connectivity index (χ2n) is 3.50. The van der Waals surface area contributed by atoms with E-state index in [1.807, 2.05) is 32.0 Å². The Hall–Kier alpha value is -1.11. The van der Waals surface area contributed by atoms with E-state index in [4.69, 9.17) is 0 Å². The van der Waals surface area contributed by atoms with E-state index in [2.05, 4.69) is 12.1 Å². The number of rotatable bonds is 2. The molecule has 0 radical (unpaired) electrons. The van der Waals surface area contributed by atoms with E-state index in [9.17, 15) is 4.79 Å². The molecule has 14 heavy (non-hydrogen) atoms. The number of hydrogen-bond acceptors (Lipinski definition) is 1. The number of carbonyl (C=O) groups is 1. The summed E-state index contributed by atoms with van der Waals surface area (Å²) in [4.78, 5) is 11.3. The summed E-state index contributed by atoms with van der Waals surface area (Å²) in [7, 11) is 0. The van der Waals surface area contributed by atoms with Crippen molar-refractivity contribution in [2.45, 2.75) is 39.0 Å². The molecule has 1 aromatic carbocycles. The number of benzene rings is 1. The highest BCUT2D eigenvalue weighted by atomic mass is 16.1. The van der Waals surface area contributed by atoms with E-state index in [1.54, 1.807) is 6.92 Å². The first-order valence-corrected chi connectivity index (χ1v) is 5.32. The molecular formula is C13H18O. The van der Waals surface area contributed by atoms with Gasteiger partial charge in [0.1, 0.15) is 5.78 Å². The first-order valence-electron chi connectivity index (χ1n) is 5.32. The highest BCUT2D eigenvalue weighted by Gasteiger charge is 2.48. The number of ketones is 1. The predicted octanol–water partition coefficient (Wildman–Crippen LogP) is 3.33. The lowest BCUT2D eigenvalue weighted by molar-refractivity contribution is -0.119. The van der Waals surface area contributed by atoms with Gasteiger partial charge in [0.2, 0.25) is 0 Å². The van der Waals surface area contributed by atoms with Gasteiger partial charge >= 0.3 is 0 Å². The van der Waals surface area contributed by atoms with E-state index in [0.717, 1.165) is 12.8 Å². The molecule has 0 atom stereocenters. The molecule has 0 N–H and O–H groups in total. The maximum absolute atomic E-state index is 11.3. The Balaban J connectivity index is 0.000000461. The smallest absolute Gasteiger partial charge is 0.140 e. The molecule has 2 rings (SSSR count). The molecule has 1 fully saturated rings. The van der Waals surface area contributed by atoms with Gasteiger partial charge in [0.05, 0.1) is 5.41 Å². The minimum Gasteiger partial charge on any atom is -0.299 e. The molecule has 1 heteroatoms. The van der Waals surface area contributed by atoms with Crippen molar-refractivity contribution in [1.82, 2.24) is 0 Å². The maximum atomic E-state index is 11.3. The summed E-state index contributed by atoms with van der Waals surface area (Å²) in [6.45, 7) is 5.69. The van der Waals surface area contributed by atoms with Crippen LogP contribution < -0.4 is 0 Å². The first-order chi connectivity index (χ1) is 6.76. The average molecular weight is 190 g/mol. The van der Waals surface area contributed by atoms with Crippen LogP contribution >= 0.6 is 0 Å². The third-order valence-corrected chi connectivity index (χ3v) is 2.75. The van der Waals surface area contributed by atoms with E-state index < -0.39 is 0 Å². The molecule has 1 aromatic rings. The topological polar surface area (TPSA) is 17.1 Å². The van der Waals surface area contributed by atoms with Gasteiger partial charge in [0, 0.05) is 0 Å². The number of Topliss-reactive ketones (excluding diaryl/α,β-unsaturated/α-hetero) is 1. The lowest BCUT2D eigenvalue weighted by atomic mass is 9.92. The second kappa shape index (κ2) is 4.41. The molecule has 76 valence electrons. The molecule has 0 spiro atoms. The lowest BCUT2D eigenvalue weighted by Crippen LogP contribution is -2.16. The van der Waals surface area contributed by atoms with Crippen LogP contribution in [-0.2, 0) is 10.2 Å². The van der Waals surface area contributed by atoms with Crippen LogP contribution in [0.25, 0.3) is 0 Å². The van der Waals surface area contributed by atoms with Crippen molar-refractivity contribution in [1.29, 1.82) is 0 Å². The largest absolute Gasteiger partial charge is 0.299 e. The fraction of sp³-hybridized carbons (Fsp3) is 0.462. The van der Waals surface area contributed by atoms with Gasteiger partial charge in [0.25, 0.3) is 0 Å². The number of hydrogen-bond donors (Lipinski definition) is 0.